The normalized spacial score (nSPS) is 11.6. The summed E-state index contributed by atoms with van der Waals surface area (Å²) in [4.78, 5) is 0. The summed E-state index contributed by atoms with van der Waals surface area (Å²) in [5, 5.41) is 5.04. The molecule has 9 aromatic carbocycles. The van der Waals surface area contributed by atoms with E-state index in [4.69, 9.17) is 0 Å². The Morgan fingerprint density at radius 3 is 0.875 bits per heavy atom. The van der Waals surface area contributed by atoms with Gasteiger partial charge in [-0.05, 0) is 123 Å². The van der Waals surface area contributed by atoms with Gasteiger partial charge in [0, 0.05) is 32.9 Å². The van der Waals surface area contributed by atoms with Crippen molar-refractivity contribution in [2.24, 2.45) is 0 Å². The molecular formula is C54H36N2. The van der Waals surface area contributed by atoms with Gasteiger partial charge in [-0.15, -0.1) is 0 Å². The second-order valence-electron chi connectivity index (χ2n) is 14.6. The van der Waals surface area contributed by atoms with Crippen molar-refractivity contribution in [3.63, 3.8) is 0 Å². The Labute approximate surface area is 325 Å². The average molecular weight is 713 g/mol. The van der Waals surface area contributed by atoms with Gasteiger partial charge in [-0.2, -0.15) is 0 Å². The fraction of sp³-hybridized carbons (Fsp3) is 0. The molecule has 0 amide bonds. The maximum atomic E-state index is 2.37. The Hall–Kier alpha value is -7.42. The van der Waals surface area contributed by atoms with Gasteiger partial charge in [-0.3, -0.25) is 0 Å². The van der Waals surface area contributed by atoms with E-state index in [2.05, 4.69) is 228 Å². The lowest BCUT2D eigenvalue weighted by molar-refractivity contribution is 1.18. The minimum Gasteiger partial charge on any atom is -0.309 e. The van der Waals surface area contributed by atoms with Crippen LogP contribution in [0.3, 0.4) is 0 Å². The van der Waals surface area contributed by atoms with Gasteiger partial charge in [0.25, 0.3) is 0 Å². The number of nitrogens with zero attached hydrogens (tertiary/aromatic N) is 2. The van der Waals surface area contributed by atoms with E-state index < -0.39 is 0 Å². The third kappa shape index (κ3) is 5.34. The lowest BCUT2D eigenvalue weighted by atomic mass is 9.94. The standard InChI is InChI=1S/C54H36N2/c1-3-20-45(21-4-1)55-51-26-9-7-24-47(51)49-35-43(28-30-53(49)55)41-18-12-16-39(33-41)37-14-11-15-38(32-37)40-17-13-19-42(34-40)44-29-31-54-50(36-44)48-25-8-10-27-52(48)56(54)46-22-5-2-6-23-46/h1-36H. The minimum absolute atomic E-state index is 1.17. The van der Waals surface area contributed by atoms with E-state index in [-0.39, 0.29) is 0 Å². The SMILES string of the molecule is c1ccc(-n2c3ccccc3c3cc(-c4cccc(-c5cccc(-c6cccc(-c7ccc8c(c7)c7ccccc7n8-c7ccccc7)c6)c5)c4)ccc32)cc1. The summed E-state index contributed by atoms with van der Waals surface area (Å²) in [6.45, 7) is 0. The van der Waals surface area contributed by atoms with Crippen molar-refractivity contribution in [2.75, 3.05) is 0 Å². The van der Waals surface area contributed by atoms with E-state index >= 15 is 0 Å². The van der Waals surface area contributed by atoms with Crippen LogP contribution in [0.1, 0.15) is 0 Å². The van der Waals surface area contributed by atoms with Gasteiger partial charge < -0.3 is 9.13 Å². The zero-order valence-electron chi connectivity index (χ0n) is 30.7. The Balaban J connectivity index is 0.943. The summed E-state index contributed by atoms with van der Waals surface area (Å²) in [7, 11) is 0. The van der Waals surface area contributed by atoms with E-state index in [9.17, 15) is 0 Å². The number of rotatable bonds is 6. The Bertz CT molecular complexity index is 3020. The molecule has 0 radical (unpaired) electrons. The monoisotopic (exact) mass is 712 g/mol. The average Bonchev–Trinajstić information content (AvgIpc) is 3.79. The first-order valence-electron chi connectivity index (χ1n) is 19.3. The summed E-state index contributed by atoms with van der Waals surface area (Å²) in [6.07, 6.45) is 0. The number of aromatic nitrogens is 2. The van der Waals surface area contributed by atoms with Crippen molar-refractivity contribution < 1.29 is 0 Å². The highest BCUT2D eigenvalue weighted by molar-refractivity contribution is 6.11. The molecule has 11 rings (SSSR count). The Kier molecular flexibility index (Phi) is 7.53. The predicted octanol–water partition coefficient (Wildman–Crippen LogP) is 14.5. The predicted molar refractivity (Wildman–Crippen MR) is 237 cm³/mol. The summed E-state index contributed by atoms with van der Waals surface area (Å²) in [5.74, 6) is 0. The van der Waals surface area contributed by atoms with Gasteiger partial charge in [-0.25, -0.2) is 0 Å². The van der Waals surface area contributed by atoms with Crippen LogP contribution in [0.5, 0.6) is 0 Å². The van der Waals surface area contributed by atoms with E-state index in [1.54, 1.807) is 0 Å². The first kappa shape index (κ1) is 32.0. The molecule has 0 bridgehead atoms. The molecule has 2 aromatic heterocycles. The zero-order chi connectivity index (χ0) is 37.0. The quantitative estimate of drug-likeness (QED) is 0.162. The molecule has 0 saturated heterocycles. The van der Waals surface area contributed by atoms with Crippen LogP contribution < -0.4 is 0 Å². The first-order valence-corrected chi connectivity index (χ1v) is 19.3. The van der Waals surface area contributed by atoms with Crippen molar-refractivity contribution in [1.29, 1.82) is 0 Å². The van der Waals surface area contributed by atoms with E-state index in [0.29, 0.717) is 0 Å². The Morgan fingerprint density at radius 2 is 0.500 bits per heavy atom. The highest BCUT2D eigenvalue weighted by Gasteiger charge is 2.15. The molecular weight excluding hydrogens is 677 g/mol. The molecule has 262 valence electrons. The number of benzene rings is 9. The molecule has 56 heavy (non-hydrogen) atoms. The van der Waals surface area contributed by atoms with Crippen LogP contribution in [0.15, 0.2) is 218 Å². The van der Waals surface area contributed by atoms with Gasteiger partial charge in [0.2, 0.25) is 0 Å². The Morgan fingerprint density at radius 1 is 0.196 bits per heavy atom. The van der Waals surface area contributed by atoms with Gasteiger partial charge in [0.05, 0.1) is 22.1 Å². The molecule has 2 nitrogen and oxygen atoms in total. The highest BCUT2D eigenvalue weighted by atomic mass is 15.0. The van der Waals surface area contributed by atoms with Gasteiger partial charge in [-0.1, -0.05) is 140 Å². The van der Waals surface area contributed by atoms with Gasteiger partial charge in [0.1, 0.15) is 0 Å². The lowest BCUT2D eigenvalue weighted by Gasteiger charge is -2.11. The molecule has 11 aromatic rings. The van der Waals surface area contributed by atoms with Crippen molar-refractivity contribution in [3.05, 3.63) is 218 Å². The van der Waals surface area contributed by atoms with Crippen LogP contribution in [-0.2, 0) is 0 Å². The van der Waals surface area contributed by atoms with Gasteiger partial charge in [0.15, 0.2) is 0 Å². The number of hydrogen-bond acceptors (Lipinski definition) is 0. The van der Waals surface area contributed by atoms with Crippen molar-refractivity contribution in [1.82, 2.24) is 9.13 Å². The van der Waals surface area contributed by atoms with Crippen LogP contribution in [0.25, 0.3) is 99.5 Å². The molecule has 0 aliphatic carbocycles. The van der Waals surface area contributed by atoms with Crippen LogP contribution in [0.2, 0.25) is 0 Å². The summed E-state index contributed by atoms with van der Waals surface area (Å²) in [5.41, 5.74) is 16.9. The van der Waals surface area contributed by atoms with E-state index in [1.165, 1.54) is 99.5 Å². The molecule has 0 unspecified atom stereocenters. The topological polar surface area (TPSA) is 9.86 Å². The molecule has 2 heteroatoms. The molecule has 2 heterocycles. The summed E-state index contributed by atoms with van der Waals surface area (Å²) < 4.78 is 4.74. The van der Waals surface area contributed by atoms with Crippen molar-refractivity contribution >= 4 is 43.6 Å². The lowest BCUT2D eigenvalue weighted by Crippen LogP contribution is -1.92. The third-order valence-electron chi connectivity index (χ3n) is 11.3. The molecule has 0 aliphatic heterocycles. The van der Waals surface area contributed by atoms with Crippen LogP contribution >= 0.6 is 0 Å². The number of fused-ring (bicyclic) bond motifs is 6. The molecule has 0 fully saturated rings. The third-order valence-corrected chi connectivity index (χ3v) is 11.3. The molecule has 0 saturated carbocycles. The molecule has 0 N–H and O–H groups in total. The summed E-state index contributed by atoms with van der Waals surface area (Å²) >= 11 is 0. The van der Waals surface area contributed by atoms with Crippen LogP contribution in [-0.4, -0.2) is 9.13 Å². The van der Waals surface area contributed by atoms with Crippen molar-refractivity contribution in [2.45, 2.75) is 0 Å². The number of para-hydroxylation sites is 4. The van der Waals surface area contributed by atoms with Crippen LogP contribution in [0.4, 0.5) is 0 Å². The van der Waals surface area contributed by atoms with E-state index in [1.807, 2.05) is 0 Å². The molecule has 0 spiro atoms. The molecule has 0 atom stereocenters. The minimum atomic E-state index is 1.17. The van der Waals surface area contributed by atoms with E-state index in [0.717, 1.165) is 0 Å². The smallest absolute Gasteiger partial charge is 0.0541 e. The fourth-order valence-corrected chi connectivity index (χ4v) is 8.65. The van der Waals surface area contributed by atoms with Gasteiger partial charge >= 0.3 is 0 Å². The maximum Gasteiger partial charge on any atom is 0.0541 e. The number of hydrogen-bond donors (Lipinski definition) is 0. The van der Waals surface area contributed by atoms with Crippen molar-refractivity contribution in [3.8, 4) is 55.9 Å². The maximum absolute atomic E-state index is 2.37. The van der Waals surface area contributed by atoms with Crippen LogP contribution in [0, 0.1) is 0 Å². The summed E-state index contributed by atoms with van der Waals surface area (Å²) in [6, 6.07) is 79.4. The zero-order valence-corrected chi connectivity index (χ0v) is 30.7. The fourth-order valence-electron chi connectivity index (χ4n) is 8.65. The molecule has 0 aliphatic rings. The first-order chi connectivity index (χ1) is 27.8. The second kappa shape index (κ2) is 13.2. The highest BCUT2D eigenvalue weighted by Crippen LogP contribution is 2.38. The second-order valence-corrected chi connectivity index (χ2v) is 14.6. The largest absolute Gasteiger partial charge is 0.309 e.